The molecule has 0 rings (SSSR count). The van der Waals surface area contributed by atoms with E-state index in [1.807, 2.05) is 13.8 Å². The van der Waals surface area contributed by atoms with Crippen molar-refractivity contribution < 1.29 is 90.4 Å². The van der Waals surface area contributed by atoms with Crippen molar-refractivity contribution in [2.24, 2.45) is 0 Å². The second kappa shape index (κ2) is 23.4. The van der Waals surface area contributed by atoms with Crippen molar-refractivity contribution in [1.29, 1.82) is 0 Å². The van der Waals surface area contributed by atoms with Crippen molar-refractivity contribution in [1.82, 2.24) is 0 Å². The fourth-order valence-electron chi connectivity index (χ4n) is 0. The summed E-state index contributed by atoms with van der Waals surface area (Å²) in [5.41, 5.74) is 0. The molecule has 0 aromatic heterocycles. The van der Waals surface area contributed by atoms with Gasteiger partial charge in [-0.05, 0) is 0 Å². The van der Waals surface area contributed by atoms with Gasteiger partial charge in [0.2, 0.25) is 0 Å². The third kappa shape index (κ3) is 126. The molecule has 2 N–H and O–H groups in total. The standard InChI is InChI=1S/C2H6.CH2O3.HI.K/c1-2;2-1(3)4;;/h1-2H3;(H2,2,3,4);1H;/q;;;+1/p-1. The zero-order valence-electron chi connectivity index (χ0n) is 5.18. The maximum absolute atomic E-state index is 8.56. The Morgan fingerprint density at radius 3 is 1.25 bits per heavy atom. The van der Waals surface area contributed by atoms with Gasteiger partial charge in [0.05, 0.1) is 0 Å². The van der Waals surface area contributed by atoms with Crippen LogP contribution >= 0.6 is 0 Å². The molecule has 0 spiro atoms. The Labute approximate surface area is 108 Å². The first-order valence-corrected chi connectivity index (χ1v) is 1.65. The summed E-state index contributed by atoms with van der Waals surface area (Å²) in [5.74, 6) is 0. The van der Waals surface area contributed by atoms with Crippen molar-refractivity contribution in [3.63, 3.8) is 0 Å². The van der Waals surface area contributed by atoms with Gasteiger partial charge < -0.3 is 34.2 Å². The average molecular weight is 258 g/mol. The smallest absolute Gasteiger partial charge is 1.00 e. The summed E-state index contributed by atoms with van der Waals surface area (Å²) in [4.78, 5) is 8.56. The van der Waals surface area contributed by atoms with Gasteiger partial charge in [-0.25, -0.2) is 4.79 Å². The summed E-state index contributed by atoms with van der Waals surface area (Å²) >= 11 is 0. The minimum atomic E-state index is -1.83. The van der Waals surface area contributed by atoms with Gasteiger partial charge in [0, 0.05) is 0 Å². The molecule has 0 aliphatic rings. The first-order chi connectivity index (χ1) is 2.73. The maximum atomic E-state index is 8.56. The van der Waals surface area contributed by atoms with E-state index in [0.717, 1.165) is 0 Å². The SMILES string of the molecule is CC.O=C(O)O.[I-].[K+]. The molecule has 0 bridgehead atoms. The topological polar surface area (TPSA) is 57.5 Å². The quantitative estimate of drug-likeness (QED) is 0.339. The number of carboxylic acid groups (broad SMARTS) is 2. The third-order valence-corrected chi connectivity index (χ3v) is 0. The minimum absolute atomic E-state index is 0. The van der Waals surface area contributed by atoms with Gasteiger partial charge in [-0.3, -0.25) is 0 Å². The molecular formula is C3H8IKO3. The Kier molecular flexibility index (Phi) is 66.3. The van der Waals surface area contributed by atoms with Crippen LogP contribution in [-0.2, 0) is 0 Å². The molecule has 0 radical (unpaired) electrons. The van der Waals surface area contributed by atoms with E-state index < -0.39 is 6.16 Å². The van der Waals surface area contributed by atoms with E-state index in [9.17, 15) is 0 Å². The van der Waals surface area contributed by atoms with Crippen molar-refractivity contribution in [2.45, 2.75) is 13.8 Å². The number of halogens is 1. The fraction of sp³-hybridized carbons (Fsp3) is 0.667. The molecule has 5 heteroatoms. The van der Waals surface area contributed by atoms with Crippen LogP contribution in [0.5, 0.6) is 0 Å². The Balaban J connectivity index is -0.0000000183. The van der Waals surface area contributed by atoms with Gasteiger partial charge in [0.1, 0.15) is 0 Å². The molecule has 8 heavy (non-hydrogen) atoms. The van der Waals surface area contributed by atoms with Crippen LogP contribution in [0.25, 0.3) is 0 Å². The van der Waals surface area contributed by atoms with Crippen molar-refractivity contribution >= 4 is 6.16 Å². The second-order valence-electron chi connectivity index (χ2n) is 0.283. The van der Waals surface area contributed by atoms with Crippen LogP contribution in [0.3, 0.4) is 0 Å². The molecule has 0 fully saturated rings. The second-order valence-corrected chi connectivity index (χ2v) is 0.283. The van der Waals surface area contributed by atoms with Crippen LogP contribution < -0.4 is 75.4 Å². The van der Waals surface area contributed by atoms with Crippen molar-refractivity contribution in [2.75, 3.05) is 0 Å². The van der Waals surface area contributed by atoms with Gasteiger partial charge >= 0.3 is 57.5 Å². The van der Waals surface area contributed by atoms with Gasteiger partial charge in [0.15, 0.2) is 0 Å². The monoisotopic (exact) mass is 258 g/mol. The van der Waals surface area contributed by atoms with E-state index in [1.54, 1.807) is 0 Å². The number of carbonyl (C=O) groups is 1. The summed E-state index contributed by atoms with van der Waals surface area (Å²) in [7, 11) is 0. The summed E-state index contributed by atoms with van der Waals surface area (Å²) in [6.07, 6.45) is -1.83. The van der Waals surface area contributed by atoms with Crippen LogP contribution in [0.2, 0.25) is 0 Å². The largest absolute Gasteiger partial charge is 1.00 e. The molecular weight excluding hydrogens is 250 g/mol. The molecule has 0 aromatic carbocycles. The maximum Gasteiger partial charge on any atom is 1.00 e. The van der Waals surface area contributed by atoms with Gasteiger partial charge in [-0.1, -0.05) is 13.8 Å². The van der Waals surface area contributed by atoms with Crippen LogP contribution in [0.4, 0.5) is 4.79 Å². The fourth-order valence-corrected chi connectivity index (χ4v) is 0. The molecule has 0 saturated heterocycles. The predicted octanol–water partition coefficient (Wildman–Crippen LogP) is -4.74. The zero-order valence-corrected chi connectivity index (χ0v) is 10.5. The van der Waals surface area contributed by atoms with Crippen molar-refractivity contribution in [3.05, 3.63) is 0 Å². The number of hydrogen-bond donors (Lipinski definition) is 2. The minimum Gasteiger partial charge on any atom is -1.00 e. The van der Waals surface area contributed by atoms with E-state index in [4.69, 9.17) is 15.0 Å². The Hall–Kier alpha value is 1.64. The molecule has 3 nitrogen and oxygen atoms in total. The number of hydrogen-bond acceptors (Lipinski definition) is 1. The molecule has 0 atom stereocenters. The zero-order chi connectivity index (χ0) is 5.58. The Morgan fingerprint density at radius 1 is 1.25 bits per heavy atom. The van der Waals surface area contributed by atoms with Gasteiger partial charge in [-0.2, -0.15) is 0 Å². The summed E-state index contributed by atoms with van der Waals surface area (Å²) < 4.78 is 0. The normalized spacial score (nSPS) is 3.75. The Morgan fingerprint density at radius 2 is 1.25 bits per heavy atom. The van der Waals surface area contributed by atoms with Gasteiger partial charge in [0.25, 0.3) is 0 Å². The van der Waals surface area contributed by atoms with Crippen LogP contribution in [-0.4, -0.2) is 16.4 Å². The predicted molar refractivity (Wildman–Crippen MR) is 22.0 cm³/mol. The van der Waals surface area contributed by atoms with Crippen LogP contribution in [0.15, 0.2) is 0 Å². The third-order valence-electron chi connectivity index (χ3n) is 0. The summed E-state index contributed by atoms with van der Waals surface area (Å²) in [6.45, 7) is 4.00. The van der Waals surface area contributed by atoms with E-state index in [-0.39, 0.29) is 75.4 Å². The van der Waals surface area contributed by atoms with Crippen LogP contribution in [0.1, 0.15) is 13.8 Å². The first-order valence-electron chi connectivity index (χ1n) is 1.65. The molecule has 0 unspecified atom stereocenters. The Bertz CT molecular complexity index is 37.5. The molecule has 0 saturated carbocycles. The first kappa shape index (κ1) is 22.6. The average Bonchev–Trinajstić information content (AvgIpc) is 1.41. The molecule has 0 aliphatic carbocycles. The van der Waals surface area contributed by atoms with E-state index in [1.165, 1.54) is 0 Å². The van der Waals surface area contributed by atoms with E-state index in [2.05, 4.69) is 0 Å². The van der Waals surface area contributed by atoms with Crippen molar-refractivity contribution in [3.8, 4) is 0 Å². The molecule has 0 heterocycles. The van der Waals surface area contributed by atoms with E-state index in [0.29, 0.717) is 0 Å². The van der Waals surface area contributed by atoms with Crippen LogP contribution in [0, 0.1) is 0 Å². The van der Waals surface area contributed by atoms with Gasteiger partial charge in [-0.15, -0.1) is 0 Å². The molecule has 0 aromatic rings. The molecule has 0 aliphatic heterocycles. The van der Waals surface area contributed by atoms with E-state index >= 15 is 0 Å². The summed E-state index contributed by atoms with van der Waals surface area (Å²) in [5, 5.41) is 13.9. The number of rotatable bonds is 0. The molecule has 0 amide bonds. The molecule has 46 valence electrons. The summed E-state index contributed by atoms with van der Waals surface area (Å²) in [6, 6.07) is 0.